The van der Waals surface area contributed by atoms with E-state index < -0.39 is 17.7 Å². The topological polar surface area (TPSA) is 71.9 Å². The number of aliphatic carboxylic acids is 1. The molecule has 0 saturated carbocycles. The zero-order chi connectivity index (χ0) is 29.9. The molecule has 3 aromatic rings. The highest BCUT2D eigenvalue weighted by atomic mass is 35.5. The molecule has 1 fully saturated rings. The molecule has 1 atom stereocenters. The first-order chi connectivity index (χ1) is 19.2. The minimum atomic E-state index is -1.18. The highest BCUT2D eigenvalue weighted by Gasteiger charge is 2.35. The number of pyridine rings is 1. The molecule has 0 spiro atoms. The van der Waals surface area contributed by atoms with Crippen LogP contribution in [0.3, 0.4) is 0 Å². The molecule has 0 amide bonds. The van der Waals surface area contributed by atoms with Gasteiger partial charge in [0.15, 0.2) is 6.10 Å². The third kappa shape index (κ3) is 7.77. The number of carboxylic acids is 1. The van der Waals surface area contributed by atoms with Crippen LogP contribution < -0.4 is 9.64 Å². The Morgan fingerprint density at radius 1 is 1.15 bits per heavy atom. The van der Waals surface area contributed by atoms with Crippen LogP contribution in [0.25, 0.3) is 11.1 Å². The van der Waals surface area contributed by atoms with Crippen molar-refractivity contribution < 1.29 is 23.8 Å². The molecule has 1 unspecified atom stereocenters. The molecule has 1 aromatic heterocycles. The molecule has 0 aliphatic carbocycles. The molecule has 1 aliphatic rings. The van der Waals surface area contributed by atoms with E-state index in [-0.39, 0.29) is 11.2 Å². The van der Waals surface area contributed by atoms with Crippen LogP contribution in [-0.4, -0.2) is 41.4 Å². The van der Waals surface area contributed by atoms with E-state index in [1.807, 2.05) is 45.9 Å². The maximum Gasteiger partial charge on any atom is 0.337 e. The Morgan fingerprint density at radius 2 is 1.80 bits per heavy atom. The van der Waals surface area contributed by atoms with Gasteiger partial charge in [0, 0.05) is 42.5 Å². The van der Waals surface area contributed by atoms with Crippen molar-refractivity contribution in [2.75, 3.05) is 24.6 Å². The first-order valence-corrected chi connectivity index (χ1v) is 14.4. The predicted octanol–water partition coefficient (Wildman–Crippen LogP) is 8.04. The molecular formula is C33H40ClFN2O4. The van der Waals surface area contributed by atoms with Crippen molar-refractivity contribution in [2.24, 2.45) is 5.41 Å². The molecule has 0 bridgehead atoms. The molecule has 41 heavy (non-hydrogen) atoms. The first-order valence-electron chi connectivity index (χ1n) is 14.1. The second-order valence-electron chi connectivity index (χ2n) is 12.5. The summed E-state index contributed by atoms with van der Waals surface area (Å²) in [7, 11) is 0. The molecule has 1 aliphatic heterocycles. The number of ether oxygens (including phenoxy) is 2. The van der Waals surface area contributed by atoms with E-state index in [4.69, 9.17) is 21.1 Å². The summed E-state index contributed by atoms with van der Waals surface area (Å²) in [6.07, 6.45) is 3.19. The van der Waals surface area contributed by atoms with Crippen molar-refractivity contribution in [3.8, 4) is 16.9 Å². The van der Waals surface area contributed by atoms with Gasteiger partial charge in [0.25, 0.3) is 0 Å². The number of aryl methyl sites for hydroxylation is 1. The second kappa shape index (κ2) is 12.4. The summed E-state index contributed by atoms with van der Waals surface area (Å²) < 4.78 is 25.3. The van der Waals surface area contributed by atoms with Gasteiger partial charge in [-0.3, -0.25) is 4.98 Å². The standard InChI is InChI=1S/C33H40ClFN2O4/c1-21-28(30(31(38)39)41-32(2,3)4)29(37-16-14-33(5,6)15-17-37)25(20-36-21)23-9-12-27(26(34)19-23)40-18-13-22-7-10-24(35)11-8-22/h7-12,19-20,30H,13-18H2,1-6H3,(H,38,39). The van der Waals surface area contributed by atoms with E-state index in [1.54, 1.807) is 18.3 Å². The summed E-state index contributed by atoms with van der Waals surface area (Å²) in [6, 6.07) is 11.9. The summed E-state index contributed by atoms with van der Waals surface area (Å²) in [5.74, 6) is -0.781. The Morgan fingerprint density at radius 3 is 2.39 bits per heavy atom. The van der Waals surface area contributed by atoms with Crippen molar-refractivity contribution in [2.45, 2.75) is 72.5 Å². The average Bonchev–Trinajstić information content (AvgIpc) is 2.89. The van der Waals surface area contributed by atoms with Gasteiger partial charge in [-0.2, -0.15) is 0 Å². The molecule has 8 heteroatoms. The van der Waals surface area contributed by atoms with Crippen LogP contribution >= 0.6 is 11.6 Å². The third-order valence-corrected chi connectivity index (χ3v) is 7.78. The van der Waals surface area contributed by atoms with Gasteiger partial charge in [-0.15, -0.1) is 0 Å². The zero-order valence-corrected chi connectivity index (χ0v) is 25.5. The average molecular weight is 583 g/mol. The lowest BCUT2D eigenvalue weighted by atomic mass is 9.82. The summed E-state index contributed by atoms with van der Waals surface area (Å²) in [4.78, 5) is 19.5. The molecule has 2 aromatic carbocycles. The SMILES string of the molecule is Cc1ncc(-c2ccc(OCCc3ccc(F)cc3)c(Cl)c2)c(N2CCC(C)(C)CC2)c1C(OC(C)(C)C)C(=O)O. The molecule has 0 radical (unpaired) electrons. The van der Waals surface area contributed by atoms with E-state index in [0.717, 1.165) is 48.3 Å². The summed E-state index contributed by atoms with van der Waals surface area (Å²) in [5.41, 5.74) is 4.13. The molecule has 6 nitrogen and oxygen atoms in total. The molecule has 1 N–H and O–H groups in total. The van der Waals surface area contributed by atoms with E-state index in [9.17, 15) is 14.3 Å². The van der Waals surface area contributed by atoms with Gasteiger partial charge in [0.2, 0.25) is 0 Å². The monoisotopic (exact) mass is 582 g/mol. The lowest BCUT2D eigenvalue weighted by Crippen LogP contribution is -2.39. The fraction of sp³-hybridized carbons (Fsp3) is 0.455. The van der Waals surface area contributed by atoms with Crippen LogP contribution in [0, 0.1) is 18.2 Å². The quantitative estimate of drug-likeness (QED) is 0.275. The minimum absolute atomic E-state index is 0.212. The maximum atomic E-state index is 13.2. The second-order valence-corrected chi connectivity index (χ2v) is 12.9. The van der Waals surface area contributed by atoms with E-state index in [0.29, 0.717) is 35.1 Å². The predicted molar refractivity (Wildman–Crippen MR) is 161 cm³/mol. The molecule has 2 heterocycles. The number of rotatable bonds is 9. The number of hydrogen-bond donors (Lipinski definition) is 1. The van der Waals surface area contributed by atoms with Gasteiger partial charge < -0.3 is 19.5 Å². The van der Waals surface area contributed by atoms with Gasteiger partial charge in [-0.25, -0.2) is 9.18 Å². The Kier molecular flexibility index (Phi) is 9.29. The summed E-state index contributed by atoms with van der Waals surface area (Å²) >= 11 is 6.70. The van der Waals surface area contributed by atoms with Crippen molar-refractivity contribution in [3.05, 3.63) is 76.3 Å². The molecule has 220 valence electrons. The number of nitrogens with zero attached hydrogens (tertiary/aromatic N) is 2. The van der Waals surface area contributed by atoms with Crippen molar-refractivity contribution in [1.29, 1.82) is 0 Å². The number of anilines is 1. The van der Waals surface area contributed by atoms with Gasteiger partial charge >= 0.3 is 5.97 Å². The fourth-order valence-electron chi connectivity index (χ4n) is 5.11. The molecule has 1 saturated heterocycles. The lowest BCUT2D eigenvalue weighted by molar-refractivity contribution is -0.160. The lowest BCUT2D eigenvalue weighted by Gasteiger charge is -2.41. The van der Waals surface area contributed by atoms with Crippen LogP contribution in [0.15, 0.2) is 48.7 Å². The number of hydrogen-bond acceptors (Lipinski definition) is 5. The van der Waals surface area contributed by atoms with Crippen molar-refractivity contribution >= 4 is 23.3 Å². The largest absolute Gasteiger partial charge is 0.492 e. The Labute approximate surface area is 247 Å². The van der Waals surface area contributed by atoms with E-state index >= 15 is 0 Å². The van der Waals surface area contributed by atoms with Crippen LogP contribution in [0.2, 0.25) is 5.02 Å². The Hall–Kier alpha value is -3.16. The number of carboxylic acid groups (broad SMARTS) is 1. The van der Waals surface area contributed by atoms with Crippen molar-refractivity contribution in [3.63, 3.8) is 0 Å². The third-order valence-electron chi connectivity index (χ3n) is 7.48. The number of carbonyl (C=O) groups is 1. The van der Waals surface area contributed by atoms with Gasteiger partial charge in [-0.05, 0) is 81.3 Å². The van der Waals surface area contributed by atoms with Gasteiger partial charge in [0.1, 0.15) is 11.6 Å². The maximum absolute atomic E-state index is 13.2. The highest BCUT2D eigenvalue weighted by molar-refractivity contribution is 6.32. The first kappa shape index (κ1) is 30.8. The normalized spacial score (nSPS) is 16.0. The Bertz CT molecular complexity index is 1380. The highest BCUT2D eigenvalue weighted by Crippen LogP contribution is 2.44. The zero-order valence-electron chi connectivity index (χ0n) is 24.8. The molecule has 4 rings (SSSR count). The Balaban J connectivity index is 1.71. The summed E-state index contributed by atoms with van der Waals surface area (Å²) in [6.45, 7) is 13.9. The van der Waals surface area contributed by atoms with Crippen LogP contribution in [0.1, 0.15) is 70.4 Å². The van der Waals surface area contributed by atoms with Gasteiger partial charge in [0.05, 0.1) is 22.9 Å². The number of halogens is 2. The van der Waals surface area contributed by atoms with Crippen LogP contribution in [0.4, 0.5) is 10.1 Å². The smallest absolute Gasteiger partial charge is 0.337 e. The van der Waals surface area contributed by atoms with E-state index in [2.05, 4.69) is 23.7 Å². The van der Waals surface area contributed by atoms with Crippen LogP contribution in [0.5, 0.6) is 5.75 Å². The minimum Gasteiger partial charge on any atom is -0.492 e. The van der Waals surface area contributed by atoms with Crippen molar-refractivity contribution in [1.82, 2.24) is 4.98 Å². The summed E-state index contributed by atoms with van der Waals surface area (Å²) in [5, 5.41) is 10.8. The van der Waals surface area contributed by atoms with Gasteiger partial charge in [-0.1, -0.05) is 43.6 Å². The van der Waals surface area contributed by atoms with E-state index in [1.165, 1.54) is 12.1 Å². The number of aromatic nitrogens is 1. The van der Waals surface area contributed by atoms with Crippen LogP contribution in [-0.2, 0) is 16.0 Å². The number of piperidine rings is 1. The molecular weight excluding hydrogens is 543 g/mol. The number of benzene rings is 2. The fourth-order valence-corrected chi connectivity index (χ4v) is 5.35.